The fourth-order valence-electron chi connectivity index (χ4n) is 4.44. The highest BCUT2D eigenvalue weighted by molar-refractivity contribution is 6.46. The Hall–Kier alpha value is -4.32. The fourth-order valence-corrected chi connectivity index (χ4v) is 4.44. The lowest BCUT2D eigenvalue weighted by atomic mass is 9.95. The van der Waals surface area contributed by atoms with Gasteiger partial charge in [0.05, 0.1) is 11.6 Å². The summed E-state index contributed by atoms with van der Waals surface area (Å²) in [7, 11) is 0. The average molecular weight is 438 g/mol. The number of phenolic OH excluding ortho intramolecular Hbond substituents is 1. The molecule has 1 aromatic heterocycles. The molecule has 3 aromatic carbocycles. The van der Waals surface area contributed by atoms with Crippen LogP contribution in [0.1, 0.15) is 22.7 Å². The van der Waals surface area contributed by atoms with Crippen molar-refractivity contribution >= 4 is 28.4 Å². The first kappa shape index (κ1) is 20.6. The molecule has 3 N–H and O–H groups in total. The number of aromatic hydroxyl groups is 1. The van der Waals surface area contributed by atoms with Crippen molar-refractivity contribution in [2.24, 2.45) is 0 Å². The van der Waals surface area contributed by atoms with E-state index in [1.165, 1.54) is 17.0 Å². The molecule has 1 saturated heterocycles. The minimum absolute atomic E-state index is 0.0517. The summed E-state index contributed by atoms with van der Waals surface area (Å²) < 4.78 is 0. The van der Waals surface area contributed by atoms with E-state index in [2.05, 4.69) is 4.98 Å². The molecule has 0 saturated carbocycles. The number of benzene rings is 3. The second-order valence-electron chi connectivity index (χ2n) is 8.06. The summed E-state index contributed by atoms with van der Waals surface area (Å²) in [5, 5.41) is 21.8. The SMILES string of the molecule is O=C1C(=O)N(CCc2c[nH]c3ccccc23)C(c2ccc(O)cc2)C1=C(O)c1ccccc1. The number of amides is 1. The first-order chi connectivity index (χ1) is 16.0. The number of aromatic amines is 1. The van der Waals surface area contributed by atoms with Crippen molar-refractivity contribution in [2.45, 2.75) is 12.5 Å². The maximum Gasteiger partial charge on any atom is 0.295 e. The summed E-state index contributed by atoms with van der Waals surface area (Å²) in [5.74, 6) is -1.49. The first-order valence-corrected chi connectivity index (χ1v) is 10.7. The van der Waals surface area contributed by atoms with Gasteiger partial charge < -0.3 is 20.1 Å². The van der Waals surface area contributed by atoms with Gasteiger partial charge in [-0.2, -0.15) is 0 Å². The van der Waals surface area contributed by atoms with E-state index >= 15 is 0 Å². The number of H-pyrrole nitrogens is 1. The topological polar surface area (TPSA) is 93.6 Å². The number of carbonyl (C=O) groups excluding carboxylic acids is 2. The van der Waals surface area contributed by atoms with Gasteiger partial charge in [-0.1, -0.05) is 60.7 Å². The predicted molar refractivity (Wildman–Crippen MR) is 126 cm³/mol. The largest absolute Gasteiger partial charge is 0.508 e. The second-order valence-corrected chi connectivity index (χ2v) is 8.06. The van der Waals surface area contributed by atoms with Crippen molar-refractivity contribution in [2.75, 3.05) is 6.54 Å². The van der Waals surface area contributed by atoms with Crippen LogP contribution < -0.4 is 0 Å². The third kappa shape index (κ3) is 3.65. The summed E-state index contributed by atoms with van der Waals surface area (Å²) in [6.45, 7) is 0.295. The van der Waals surface area contributed by atoms with Crippen LogP contribution in [0.5, 0.6) is 5.75 Å². The van der Waals surface area contributed by atoms with Gasteiger partial charge in [0.25, 0.3) is 11.7 Å². The highest BCUT2D eigenvalue weighted by atomic mass is 16.3. The molecule has 1 atom stereocenters. The normalized spacial score (nSPS) is 17.7. The van der Waals surface area contributed by atoms with E-state index in [1.54, 1.807) is 36.4 Å². The Morgan fingerprint density at radius 3 is 2.36 bits per heavy atom. The summed E-state index contributed by atoms with van der Waals surface area (Å²) in [6.07, 6.45) is 2.46. The Morgan fingerprint density at radius 2 is 1.61 bits per heavy atom. The standard InChI is InChI=1S/C27H22N2O4/c30-20-12-10-17(11-13-20)24-23(25(31)18-6-2-1-3-7-18)26(32)27(33)29(24)15-14-19-16-28-22-9-5-4-8-21(19)22/h1-13,16,24,28,30-31H,14-15H2. The van der Waals surface area contributed by atoms with E-state index in [-0.39, 0.29) is 17.1 Å². The molecule has 1 unspecified atom stereocenters. The van der Waals surface area contributed by atoms with Crippen LogP contribution in [0.3, 0.4) is 0 Å². The number of carbonyl (C=O) groups is 2. The fraction of sp³-hybridized carbons (Fsp3) is 0.111. The van der Waals surface area contributed by atoms with Gasteiger partial charge in [0.15, 0.2) is 0 Å². The summed E-state index contributed by atoms with van der Waals surface area (Å²) in [6, 6.07) is 22.3. The summed E-state index contributed by atoms with van der Waals surface area (Å²) >= 11 is 0. The number of para-hydroxylation sites is 1. The van der Waals surface area contributed by atoms with Crippen LogP contribution >= 0.6 is 0 Å². The molecule has 1 fully saturated rings. The second kappa shape index (κ2) is 8.31. The number of aliphatic hydroxyl groups is 1. The van der Waals surface area contributed by atoms with Gasteiger partial charge in [0, 0.05) is 29.2 Å². The Balaban J connectivity index is 1.56. The lowest BCUT2D eigenvalue weighted by Gasteiger charge is -2.25. The van der Waals surface area contributed by atoms with E-state index in [9.17, 15) is 19.8 Å². The van der Waals surface area contributed by atoms with Gasteiger partial charge in [-0.15, -0.1) is 0 Å². The maximum atomic E-state index is 13.1. The summed E-state index contributed by atoms with van der Waals surface area (Å²) in [5.41, 5.74) is 3.21. The number of nitrogens with zero attached hydrogens (tertiary/aromatic N) is 1. The van der Waals surface area contributed by atoms with Crippen LogP contribution in [0.4, 0.5) is 0 Å². The van der Waals surface area contributed by atoms with Crippen molar-refractivity contribution < 1.29 is 19.8 Å². The molecule has 6 nitrogen and oxygen atoms in total. The summed E-state index contributed by atoms with van der Waals surface area (Å²) in [4.78, 5) is 30.9. The third-order valence-electron chi connectivity index (χ3n) is 6.09. The number of phenols is 1. The number of Topliss-reactive ketones (excluding diaryl/α,β-unsaturated/α-hetero) is 1. The molecule has 5 rings (SSSR count). The molecule has 0 spiro atoms. The van der Waals surface area contributed by atoms with E-state index in [1.807, 2.05) is 36.5 Å². The van der Waals surface area contributed by atoms with Gasteiger partial charge >= 0.3 is 0 Å². The van der Waals surface area contributed by atoms with Gasteiger partial charge in [-0.3, -0.25) is 9.59 Å². The molecule has 6 heteroatoms. The molecular weight excluding hydrogens is 416 g/mol. The monoisotopic (exact) mass is 438 g/mol. The first-order valence-electron chi connectivity index (χ1n) is 10.7. The number of likely N-dealkylation sites (tertiary alicyclic amines) is 1. The highest BCUT2D eigenvalue weighted by Gasteiger charge is 2.45. The van der Waals surface area contributed by atoms with Crippen molar-refractivity contribution in [1.29, 1.82) is 0 Å². The van der Waals surface area contributed by atoms with E-state index in [4.69, 9.17) is 0 Å². The number of nitrogens with one attached hydrogen (secondary N) is 1. The maximum absolute atomic E-state index is 13.1. The minimum Gasteiger partial charge on any atom is -0.508 e. The Morgan fingerprint density at radius 1 is 0.909 bits per heavy atom. The number of rotatable bonds is 5. The average Bonchev–Trinajstić information content (AvgIpc) is 3.37. The molecule has 33 heavy (non-hydrogen) atoms. The van der Waals surface area contributed by atoms with Crippen molar-refractivity contribution in [3.05, 3.63) is 107 Å². The Kier molecular flexibility index (Phi) is 5.18. The lowest BCUT2D eigenvalue weighted by molar-refractivity contribution is -0.139. The Labute approximate surface area is 190 Å². The highest BCUT2D eigenvalue weighted by Crippen LogP contribution is 2.40. The smallest absolute Gasteiger partial charge is 0.295 e. The van der Waals surface area contributed by atoms with Crippen molar-refractivity contribution in [1.82, 2.24) is 9.88 Å². The van der Waals surface area contributed by atoms with Crippen LogP contribution in [-0.4, -0.2) is 38.3 Å². The number of aromatic nitrogens is 1. The number of hydrogen-bond acceptors (Lipinski definition) is 4. The zero-order chi connectivity index (χ0) is 22.9. The molecule has 1 amide bonds. The van der Waals surface area contributed by atoms with E-state index < -0.39 is 17.7 Å². The number of ketones is 1. The zero-order valence-electron chi connectivity index (χ0n) is 17.7. The van der Waals surface area contributed by atoms with E-state index in [0.29, 0.717) is 24.1 Å². The van der Waals surface area contributed by atoms with Gasteiger partial charge in [0.2, 0.25) is 0 Å². The Bertz CT molecular complexity index is 1370. The molecule has 0 aliphatic carbocycles. The van der Waals surface area contributed by atoms with Gasteiger partial charge in [-0.25, -0.2) is 0 Å². The molecule has 2 heterocycles. The van der Waals surface area contributed by atoms with Crippen LogP contribution in [0, 0.1) is 0 Å². The van der Waals surface area contributed by atoms with Crippen molar-refractivity contribution in [3.63, 3.8) is 0 Å². The third-order valence-corrected chi connectivity index (χ3v) is 6.09. The number of aliphatic hydroxyl groups excluding tert-OH is 1. The quantitative estimate of drug-likeness (QED) is 0.242. The molecule has 0 radical (unpaired) electrons. The van der Waals surface area contributed by atoms with Crippen LogP contribution in [0.15, 0.2) is 90.6 Å². The van der Waals surface area contributed by atoms with Gasteiger partial charge in [0.1, 0.15) is 11.5 Å². The molecular formula is C27H22N2O4. The molecule has 1 aliphatic heterocycles. The van der Waals surface area contributed by atoms with Crippen LogP contribution in [-0.2, 0) is 16.0 Å². The molecule has 0 bridgehead atoms. The number of hydrogen-bond donors (Lipinski definition) is 3. The predicted octanol–water partition coefficient (Wildman–Crippen LogP) is 4.54. The van der Waals surface area contributed by atoms with Crippen LogP contribution in [0.25, 0.3) is 16.7 Å². The number of fused-ring (bicyclic) bond motifs is 1. The minimum atomic E-state index is -0.754. The molecule has 164 valence electrons. The van der Waals surface area contributed by atoms with Crippen LogP contribution in [0.2, 0.25) is 0 Å². The molecule has 1 aliphatic rings. The lowest BCUT2D eigenvalue weighted by Crippen LogP contribution is -2.31. The zero-order valence-corrected chi connectivity index (χ0v) is 17.7. The van der Waals surface area contributed by atoms with E-state index in [0.717, 1.165) is 16.5 Å². The van der Waals surface area contributed by atoms with Crippen molar-refractivity contribution in [3.8, 4) is 5.75 Å². The molecule has 4 aromatic rings. The van der Waals surface area contributed by atoms with Gasteiger partial charge in [-0.05, 0) is 35.7 Å².